The normalized spacial score (nSPS) is 25.8. The van der Waals surface area contributed by atoms with Crippen molar-refractivity contribution in [2.45, 2.75) is 30.2 Å². The van der Waals surface area contributed by atoms with Crippen LogP contribution in [0.25, 0.3) is 0 Å². The zero-order valence-corrected chi connectivity index (χ0v) is 15.0. The lowest BCUT2D eigenvalue weighted by Crippen LogP contribution is -2.51. The van der Waals surface area contributed by atoms with Gasteiger partial charge in [-0.15, -0.1) is 0 Å². The highest BCUT2D eigenvalue weighted by Gasteiger charge is 2.34. The second-order valence-corrected chi connectivity index (χ2v) is 8.83. The number of benzene rings is 1. The molecule has 2 N–H and O–H groups in total. The number of rotatable bonds is 3. The Bertz CT molecular complexity index is 700. The number of nitrogens with zero attached hydrogens (tertiary/aromatic N) is 2. The first-order valence-electron chi connectivity index (χ1n) is 8.18. The number of halogens is 1. The molecule has 1 aromatic carbocycles. The van der Waals surface area contributed by atoms with Crippen LogP contribution in [-0.2, 0) is 14.8 Å². The van der Waals surface area contributed by atoms with Gasteiger partial charge < -0.3 is 10.6 Å². The summed E-state index contributed by atoms with van der Waals surface area (Å²) in [6.07, 6.45) is 2.47. The smallest absolute Gasteiger partial charge is 0.243 e. The summed E-state index contributed by atoms with van der Waals surface area (Å²) in [5.41, 5.74) is 5.88. The highest BCUT2D eigenvalue weighted by Crippen LogP contribution is 2.27. The lowest BCUT2D eigenvalue weighted by atomic mass is 10.1. The molecule has 0 bridgehead atoms. The van der Waals surface area contributed by atoms with E-state index in [0.717, 1.165) is 19.3 Å². The van der Waals surface area contributed by atoms with Gasteiger partial charge in [-0.2, -0.15) is 4.31 Å². The predicted octanol–water partition coefficient (Wildman–Crippen LogP) is 1.30. The number of amides is 1. The van der Waals surface area contributed by atoms with E-state index in [4.69, 9.17) is 17.3 Å². The van der Waals surface area contributed by atoms with Gasteiger partial charge in [-0.3, -0.25) is 4.79 Å². The monoisotopic (exact) mass is 371 g/mol. The van der Waals surface area contributed by atoms with E-state index in [9.17, 15) is 13.2 Å². The van der Waals surface area contributed by atoms with Crippen LogP contribution in [0.2, 0.25) is 5.02 Å². The van der Waals surface area contributed by atoms with Crippen LogP contribution in [0.1, 0.15) is 19.3 Å². The Hall–Kier alpha value is -1.15. The molecule has 1 aliphatic heterocycles. The number of sulfonamides is 1. The average Bonchev–Trinajstić information content (AvgIpc) is 3.01. The van der Waals surface area contributed by atoms with Gasteiger partial charge in [0.15, 0.2) is 0 Å². The minimum Gasteiger partial charge on any atom is -0.340 e. The summed E-state index contributed by atoms with van der Waals surface area (Å²) in [5.74, 6) is 0.117. The van der Waals surface area contributed by atoms with Gasteiger partial charge in [0.25, 0.3) is 0 Å². The Kier molecular flexibility index (Phi) is 5.15. The molecule has 1 aliphatic carbocycles. The molecular formula is C16H22ClN3O3S. The van der Waals surface area contributed by atoms with Gasteiger partial charge in [-0.05, 0) is 43.5 Å². The third kappa shape index (κ3) is 3.59. The molecule has 0 radical (unpaired) electrons. The van der Waals surface area contributed by atoms with Crippen LogP contribution >= 0.6 is 11.6 Å². The quantitative estimate of drug-likeness (QED) is 0.868. The number of hydrogen-bond acceptors (Lipinski definition) is 4. The Morgan fingerprint density at radius 2 is 1.71 bits per heavy atom. The van der Waals surface area contributed by atoms with Crippen molar-refractivity contribution in [3.05, 3.63) is 29.3 Å². The van der Waals surface area contributed by atoms with E-state index >= 15 is 0 Å². The van der Waals surface area contributed by atoms with E-state index in [-0.39, 0.29) is 22.8 Å². The van der Waals surface area contributed by atoms with Crippen molar-refractivity contribution in [3.63, 3.8) is 0 Å². The Labute approximate surface area is 147 Å². The standard InChI is InChI=1S/C16H22ClN3O3S/c17-13-2-5-15(6-3-13)24(22,23)20-9-7-19(8-10-20)16(21)12-1-4-14(18)11-12/h2-3,5-6,12,14H,1,4,7-11,18H2. The van der Waals surface area contributed by atoms with E-state index in [1.165, 1.54) is 16.4 Å². The fourth-order valence-electron chi connectivity index (χ4n) is 3.40. The van der Waals surface area contributed by atoms with Crippen molar-refractivity contribution in [3.8, 4) is 0 Å². The van der Waals surface area contributed by atoms with E-state index in [1.54, 1.807) is 17.0 Å². The lowest BCUT2D eigenvalue weighted by Gasteiger charge is -2.35. The molecule has 2 unspecified atom stereocenters. The van der Waals surface area contributed by atoms with Gasteiger partial charge in [0.1, 0.15) is 0 Å². The van der Waals surface area contributed by atoms with Crippen molar-refractivity contribution < 1.29 is 13.2 Å². The number of piperazine rings is 1. The largest absolute Gasteiger partial charge is 0.340 e. The van der Waals surface area contributed by atoms with Crippen molar-refractivity contribution in [1.82, 2.24) is 9.21 Å². The maximum Gasteiger partial charge on any atom is 0.243 e. The number of carbonyl (C=O) groups is 1. The molecule has 132 valence electrons. The van der Waals surface area contributed by atoms with Crippen molar-refractivity contribution in [2.75, 3.05) is 26.2 Å². The fraction of sp³-hybridized carbons (Fsp3) is 0.562. The van der Waals surface area contributed by atoms with Gasteiger partial charge in [0.05, 0.1) is 4.90 Å². The van der Waals surface area contributed by atoms with Crippen LogP contribution in [0, 0.1) is 5.92 Å². The van der Waals surface area contributed by atoms with Gasteiger partial charge in [0, 0.05) is 43.2 Å². The van der Waals surface area contributed by atoms with Crippen molar-refractivity contribution >= 4 is 27.5 Å². The third-order valence-electron chi connectivity index (χ3n) is 4.82. The van der Waals surface area contributed by atoms with E-state index in [1.807, 2.05) is 0 Å². The summed E-state index contributed by atoms with van der Waals surface area (Å²) in [6, 6.07) is 6.27. The molecule has 1 heterocycles. The Balaban J connectivity index is 1.62. The summed E-state index contributed by atoms with van der Waals surface area (Å²) < 4.78 is 26.7. The highest BCUT2D eigenvalue weighted by molar-refractivity contribution is 7.89. The first-order valence-corrected chi connectivity index (χ1v) is 10.00. The van der Waals surface area contributed by atoms with Gasteiger partial charge in [0.2, 0.25) is 15.9 Å². The maximum absolute atomic E-state index is 12.6. The van der Waals surface area contributed by atoms with E-state index < -0.39 is 10.0 Å². The number of carbonyl (C=O) groups excluding carboxylic acids is 1. The van der Waals surface area contributed by atoms with E-state index in [0.29, 0.717) is 31.2 Å². The van der Waals surface area contributed by atoms with Crippen LogP contribution in [0.4, 0.5) is 0 Å². The minimum atomic E-state index is -3.54. The molecule has 8 heteroatoms. The second-order valence-electron chi connectivity index (χ2n) is 6.45. The molecule has 1 amide bonds. The van der Waals surface area contributed by atoms with Gasteiger partial charge >= 0.3 is 0 Å². The van der Waals surface area contributed by atoms with Crippen LogP contribution in [-0.4, -0.2) is 55.8 Å². The molecule has 6 nitrogen and oxygen atoms in total. The lowest BCUT2D eigenvalue weighted by molar-refractivity contribution is -0.136. The molecule has 2 aliphatic rings. The maximum atomic E-state index is 12.6. The molecule has 2 fully saturated rings. The molecule has 1 saturated heterocycles. The Morgan fingerprint density at radius 1 is 1.08 bits per heavy atom. The third-order valence-corrected chi connectivity index (χ3v) is 6.99. The van der Waals surface area contributed by atoms with Crippen LogP contribution in [0.3, 0.4) is 0 Å². The Morgan fingerprint density at radius 3 is 2.25 bits per heavy atom. The van der Waals surface area contributed by atoms with Crippen LogP contribution < -0.4 is 5.73 Å². The average molecular weight is 372 g/mol. The molecule has 1 saturated carbocycles. The molecule has 3 rings (SSSR count). The predicted molar refractivity (Wildman–Crippen MR) is 92.1 cm³/mol. The topological polar surface area (TPSA) is 83.7 Å². The van der Waals surface area contributed by atoms with Gasteiger partial charge in [-0.25, -0.2) is 8.42 Å². The molecule has 24 heavy (non-hydrogen) atoms. The summed E-state index contributed by atoms with van der Waals surface area (Å²) in [7, 11) is -3.54. The van der Waals surface area contributed by atoms with Crippen LogP contribution in [0.5, 0.6) is 0 Å². The molecule has 2 atom stereocenters. The summed E-state index contributed by atoms with van der Waals surface area (Å²) in [4.78, 5) is 14.5. The molecule has 1 aromatic rings. The van der Waals surface area contributed by atoms with Crippen molar-refractivity contribution in [1.29, 1.82) is 0 Å². The highest BCUT2D eigenvalue weighted by atomic mass is 35.5. The minimum absolute atomic E-state index is 0.000535. The number of hydrogen-bond donors (Lipinski definition) is 1. The first kappa shape index (κ1) is 17.7. The summed E-state index contributed by atoms with van der Waals surface area (Å²) in [6.45, 7) is 1.49. The second kappa shape index (κ2) is 7.00. The van der Waals surface area contributed by atoms with Crippen LogP contribution in [0.15, 0.2) is 29.2 Å². The molecular weight excluding hydrogens is 350 g/mol. The van der Waals surface area contributed by atoms with Gasteiger partial charge in [-0.1, -0.05) is 11.6 Å². The summed E-state index contributed by atoms with van der Waals surface area (Å²) >= 11 is 5.81. The molecule has 0 aromatic heterocycles. The zero-order chi connectivity index (χ0) is 17.3. The first-order chi connectivity index (χ1) is 11.4. The SMILES string of the molecule is NC1CCC(C(=O)N2CCN(S(=O)(=O)c3ccc(Cl)cc3)CC2)C1. The van der Waals surface area contributed by atoms with E-state index in [2.05, 4.69) is 0 Å². The molecule has 0 spiro atoms. The fourth-order valence-corrected chi connectivity index (χ4v) is 4.95. The summed E-state index contributed by atoms with van der Waals surface area (Å²) in [5, 5.41) is 0.499. The van der Waals surface area contributed by atoms with Crippen molar-refractivity contribution in [2.24, 2.45) is 11.7 Å². The number of nitrogens with two attached hydrogens (primary N) is 1. The zero-order valence-electron chi connectivity index (χ0n) is 13.4.